The number of carbonyl (C=O) groups excluding carboxylic acids is 1. The van der Waals surface area contributed by atoms with Crippen LogP contribution in [-0.2, 0) is 14.9 Å². The smallest absolute Gasteiger partial charge is 0.302 e. The summed E-state index contributed by atoms with van der Waals surface area (Å²) in [5.41, 5.74) is 2.06. The lowest BCUT2D eigenvalue weighted by molar-refractivity contribution is -0.145. The van der Waals surface area contributed by atoms with Crippen LogP contribution in [0.25, 0.3) is 0 Å². The molecule has 22 heavy (non-hydrogen) atoms. The second-order valence-electron chi connectivity index (χ2n) is 7.54. The van der Waals surface area contributed by atoms with Gasteiger partial charge in [-0.05, 0) is 29.4 Å². The van der Waals surface area contributed by atoms with E-state index in [0.29, 0.717) is 13.0 Å². The normalized spacial score (nSPS) is 16.0. The van der Waals surface area contributed by atoms with Crippen LogP contribution in [0.1, 0.15) is 71.6 Å². The van der Waals surface area contributed by atoms with Crippen LogP contribution in [0, 0.1) is 5.41 Å². The van der Waals surface area contributed by atoms with E-state index >= 15 is 0 Å². The first-order chi connectivity index (χ1) is 10.1. The molecule has 2 atom stereocenters. The van der Waals surface area contributed by atoms with Crippen molar-refractivity contribution in [1.29, 1.82) is 0 Å². The Morgan fingerprint density at radius 2 is 1.73 bits per heavy atom. The van der Waals surface area contributed by atoms with Crippen LogP contribution in [0.5, 0.6) is 0 Å². The zero-order valence-electron chi connectivity index (χ0n) is 14.8. The summed E-state index contributed by atoms with van der Waals surface area (Å²) in [6.45, 7) is 12.4. The van der Waals surface area contributed by atoms with E-state index in [2.05, 4.69) is 39.8 Å². The number of hydrogen-bond acceptors (Lipinski definition) is 3. The minimum Gasteiger partial charge on any atom is -0.465 e. The van der Waals surface area contributed by atoms with Crippen LogP contribution >= 0.6 is 0 Å². The van der Waals surface area contributed by atoms with Crippen molar-refractivity contribution in [1.82, 2.24) is 0 Å². The molecule has 3 nitrogen and oxygen atoms in total. The number of rotatable bonds is 6. The van der Waals surface area contributed by atoms with E-state index in [1.807, 2.05) is 19.1 Å². The zero-order chi connectivity index (χ0) is 17.0. The average molecular weight is 306 g/mol. The van der Waals surface area contributed by atoms with Gasteiger partial charge in [0.15, 0.2) is 0 Å². The molecule has 0 aliphatic carbocycles. The zero-order valence-corrected chi connectivity index (χ0v) is 14.8. The SMILES string of the molecule is CCC(C)(COC(C)=O)CC(O)c1ccc(C(C)(C)C)cc1. The number of hydrogen-bond donors (Lipinski definition) is 1. The molecule has 2 unspecified atom stereocenters. The van der Waals surface area contributed by atoms with Crippen molar-refractivity contribution in [3.05, 3.63) is 35.4 Å². The second-order valence-corrected chi connectivity index (χ2v) is 7.54. The van der Waals surface area contributed by atoms with Gasteiger partial charge in [-0.25, -0.2) is 0 Å². The summed E-state index contributed by atoms with van der Waals surface area (Å²) in [6, 6.07) is 8.14. The van der Waals surface area contributed by atoms with Crippen molar-refractivity contribution in [2.45, 2.75) is 65.9 Å². The maximum Gasteiger partial charge on any atom is 0.302 e. The number of ether oxygens (including phenoxy) is 1. The molecule has 0 amide bonds. The van der Waals surface area contributed by atoms with Crippen LogP contribution < -0.4 is 0 Å². The van der Waals surface area contributed by atoms with E-state index in [-0.39, 0.29) is 16.8 Å². The molecule has 0 saturated heterocycles. The molecular formula is C19H30O3. The fourth-order valence-electron chi connectivity index (χ4n) is 2.37. The minimum absolute atomic E-state index is 0.108. The predicted molar refractivity (Wildman–Crippen MR) is 89.7 cm³/mol. The van der Waals surface area contributed by atoms with Gasteiger partial charge in [0.25, 0.3) is 0 Å². The quantitative estimate of drug-likeness (QED) is 0.793. The summed E-state index contributed by atoms with van der Waals surface area (Å²) in [7, 11) is 0. The van der Waals surface area contributed by atoms with Crippen LogP contribution in [0.4, 0.5) is 0 Å². The summed E-state index contributed by atoms with van der Waals surface area (Å²) in [5, 5.41) is 10.5. The van der Waals surface area contributed by atoms with Crippen molar-refractivity contribution in [3.8, 4) is 0 Å². The van der Waals surface area contributed by atoms with Gasteiger partial charge in [0.1, 0.15) is 0 Å². The lowest BCUT2D eigenvalue weighted by Crippen LogP contribution is -2.26. The van der Waals surface area contributed by atoms with Gasteiger partial charge < -0.3 is 9.84 Å². The van der Waals surface area contributed by atoms with E-state index in [1.54, 1.807) is 0 Å². The lowest BCUT2D eigenvalue weighted by atomic mass is 9.80. The minimum atomic E-state index is -0.547. The molecular weight excluding hydrogens is 276 g/mol. The summed E-state index contributed by atoms with van der Waals surface area (Å²) in [6.07, 6.45) is 0.873. The Morgan fingerprint density at radius 3 is 2.14 bits per heavy atom. The van der Waals surface area contributed by atoms with Crippen molar-refractivity contribution in [3.63, 3.8) is 0 Å². The summed E-state index contributed by atoms with van der Waals surface area (Å²) < 4.78 is 5.15. The van der Waals surface area contributed by atoms with E-state index in [0.717, 1.165) is 12.0 Å². The van der Waals surface area contributed by atoms with Crippen molar-refractivity contribution < 1.29 is 14.6 Å². The monoisotopic (exact) mass is 306 g/mol. The fourth-order valence-corrected chi connectivity index (χ4v) is 2.37. The molecule has 1 N–H and O–H groups in total. The third-order valence-corrected chi connectivity index (χ3v) is 4.33. The molecule has 0 aliphatic heterocycles. The molecule has 1 aromatic rings. The Hall–Kier alpha value is -1.35. The van der Waals surface area contributed by atoms with E-state index < -0.39 is 6.10 Å². The lowest BCUT2D eigenvalue weighted by Gasteiger charge is -2.30. The van der Waals surface area contributed by atoms with Gasteiger partial charge in [0, 0.05) is 12.3 Å². The highest BCUT2D eigenvalue weighted by atomic mass is 16.5. The Morgan fingerprint density at radius 1 is 1.18 bits per heavy atom. The first-order valence-electron chi connectivity index (χ1n) is 7.99. The Labute approximate surface area is 134 Å². The summed E-state index contributed by atoms with van der Waals surface area (Å²) >= 11 is 0. The van der Waals surface area contributed by atoms with E-state index in [1.165, 1.54) is 12.5 Å². The standard InChI is InChI=1S/C19H30O3/c1-7-19(6,13-22-14(2)20)12-17(21)15-8-10-16(11-9-15)18(3,4)5/h8-11,17,21H,7,12-13H2,1-6H3. The van der Waals surface area contributed by atoms with Crippen LogP contribution in [0.15, 0.2) is 24.3 Å². The third-order valence-electron chi connectivity index (χ3n) is 4.33. The van der Waals surface area contributed by atoms with Crippen LogP contribution in [0.2, 0.25) is 0 Å². The van der Waals surface area contributed by atoms with Crippen LogP contribution in [0.3, 0.4) is 0 Å². The number of aliphatic hydroxyl groups excluding tert-OH is 1. The molecule has 124 valence electrons. The van der Waals surface area contributed by atoms with Gasteiger partial charge in [-0.15, -0.1) is 0 Å². The molecule has 0 fully saturated rings. The maximum absolute atomic E-state index is 11.0. The first-order valence-corrected chi connectivity index (χ1v) is 7.99. The Kier molecular flexibility index (Phi) is 6.18. The highest BCUT2D eigenvalue weighted by Crippen LogP contribution is 2.34. The fraction of sp³-hybridized carbons (Fsp3) is 0.632. The van der Waals surface area contributed by atoms with Crippen molar-refractivity contribution in [2.75, 3.05) is 6.61 Å². The van der Waals surface area contributed by atoms with Gasteiger partial charge in [0.2, 0.25) is 0 Å². The number of esters is 1. The molecule has 1 rings (SSSR count). The van der Waals surface area contributed by atoms with E-state index in [4.69, 9.17) is 4.74 Å². The van der Waals surface area contributed by atoms with Crippen molar-refractivity contribution in [2.24, 2.45) is 5.41 Å². The maximum atomic E-state index is 11.0. The highest BCUT2D eigenvalue weighted by molar-refractivity contribution is 5.65. The molecule has 3 heteroatoms. The average Bonchev–Trinajstić information content (AvgIpc) is 2.44. The highest BCUT2D eigenvalue weighted by Gasteiger charge is 2.28. The molecule has 0 heterocycles. The molecule has 0 saturated carbocycles. The van der Waals surface area contributed by atoms with Gasteiger partial charge in [-0.3, -0.25) is 4.79 Å². The van der Waals surface area contributed by atoms with Gasteiger partial charge in [0.05, 0.1) is 12.7 Å². The Bertz CT molecular complexity index is 484. The van der Waals surface area contributed by atoms with Gasteiger partial charge >= 0.3 is 5.97 Å². The molecule has 1 aromatic carbocycles. The number of aliphatic hydroxyl groups is 1. The number of benzene rings is 1. The summed E-state index contributed by atoms with van der Waals surface area (Å²) in [5.74, 6) is -0.274. The van der Waals surface area contributed by atoms with Gasteiger partial charge in [-0.1, -0.05) is 58.9 Å². The molecule has 0 bridgehead atoms. The molecule has 0 radical (unpaired) electrons. The molecule has 0 aromatic heterocycles. The number of carbonyl (C=O) groups is 1. The molecule has 0 spiro atoms. The Balaban J connectivity index is 2.78. The topological polar surface area (TPSA) is 46.5 Å². The van der Waals surface area contributed by atoms with E-state index in [9.17, 15) is 9.90 Å². The van der Waals surface area contributed by atoms with Crippen molar-refractivity contribution >= 4 is 5.97 Å². The summed E-state index contributed by atoms with van der Waals surface area (Å²) in [4.78, 5) is 11.0. The second kappa shape index (κ2) is 7.28. The molecule has 0 aliphatic rings. The largest absolute Gasteiger partial charge is 0.465 e. The first kappa shape index (κ1) is 18.7. The van der Waals surface area contributed by atoms with Gasteiger partial charge in [-0.2, -0.15) is 0 Å². The predicted octanol–water partition coefficient (Wildman–Crippen LogP) is 4.39. The third kappa shape index (κ3) is 5.45. The van der Waals surface area contributed by atoms with Crippen LogP contribution in [-0.4, -0.2) is 17.7 Å².